The van der Waals surface area contributed by atoms with Crippen molar-refractivity contribution in [2.75, 3.05) is 29.4 Å². The average molecular weight is 443 g/mol. The van der Waals surface area contributed by atoms with Crippen LogP contribution in [0, 0.1) is 11.6 Å². The van der Waals surface area contributed by atoms with Crippen molar-refractivity contribution >= 4 is 27.6 Å². The van der Waals surface area contributed by atoms with Crippen molar-refractivity contribution in [1.82, 2.24) is 15.3 Å². The molecule has 10 nitrogen and oxygen atoms in total. The van der Waals surface area contributed by atoms with Gasteiger partial charge in [0.25, 0.3) is 0 Å². The minimum atomic E-state index is -3.79. The van der Waals surface area contributed by atoms with Crippen LogP contribution in [0.4, 0.5) is 20.5 Å². The molecule has 5 N–H and O–H groups in total. The highest BCUT2D eigenvalue weighted by Gasteiger charge is 2.32. The second kappa shape index (κ2) is 7.99. The predicted octanol–water partition coefficient (Wildman–Crippen LogP) is 0.497. The highest BCUT2D eigenvalue weighted by Crippen LogP contribution is 2.35. The number of rotatable bonds is 5. The molecule has 1 aromatic carbocycles. The lowest BCUT2D eigenvalue weighted by molar-refractivity contribution is 0.103. The van der Waals surface area contributed by atoms with Crippen molar-refractivity contribution in [3.8, 4) is 11.5 Å². The summed E-state index contributed by atoms with van der Waals surface area (Å²) in [7, 11) is -3.79. The van der Waals surface area contributed by atoms with E-state index < -0.39 is 61.9 Å². The third-order valence-electron chi connectivity index (χ3n) is 4.64. The summed E-state index contributed by atoms with van der Waals surface area (Å²) in [6.45, 7) is 1.18. The summed E-state index contributed by atoms with van der Waals surface area (Å²) in [4.78, 5) is 20.4. The summed E-state index contributed by atoms with van der Waals surface area (Å²) in [5, 5.41) is 22.4. The van der Waals surface area contributed by atoms with Gasteiger partial charge in [-0.15, -0.1) is 0 Å². The largest absolute Gasteiger partial charge is 0.504 e. The van der Waals surface area contributed by atoms with E-state index in [0.29, 0.717) is 32.0 Å². The number of nitrogen functional groups attached to an aromatic ring is 1. The third kappa shape index (κ3) is 3.98. The Hall–Kier alpha value is -3.06. The zero-order valence-corrected chi connectivity index (χ0v) is 16.6. The summed E-state index contributed by atoms with van der Waals surface area (Å²) in [5.74, 6) is -7.51. The Labute approximate surface area is 170 Å². The molecule has 3 rings (SSSR count). The molecular formula is C17H19F2N5O5S. The maximum Gasteiger partial charge on any atom is 0.241 e. The van der Waals surface area contributed by atoms with Gasteiger partial charge in [-0.3, -0.25) is 4.79 Å². The van der Waals surface area contributed by atoms with Gasteiger partial charge in [-0.1, -0.05) is 0 Å². The first-order valence-electron chi connectivity index (χ1n) is 8.79. The fourth-order valence-electron chi connectivity index (χ4n) is 3.24. The number of nitrogens with two attached hydrogens (primary N) is 1. The van der Waals surface area contributed by atoms with Gasteiger partial charge in [0.15, 0.2) is 23.1 Å². The predicted molar refractivity (Wildman–Crippen MR) is 103 cm³/mol. The van der Waals surface area contributed by atoms with Crippen LogP contribution >= 0.6 is 0 Å². The van der Waals surface area contributed by atoms with Crippen molar-refractivity contribution in [3.63, 3.8) is 0 Å². The number of carbonyl (C=O) groups is 1. The van der Waals surface area contributed by atoms with Crippen molar-refractivity contribution in [1.29, 1.82) is 0 Å². The zero-order chi connectivity index (χ0) is 22.2. The molecule has 1 fully saturated rings. The van der Waals surface area contributed by atoms with E-state index in [9.17, 15) is 32.2 Å². The van der Waals surface area contributed by atoms with E-state index in [1.807, 2.05) is 0 Å². The molecule has 0 aliphatic carbocycles. The van der Waals surface area contributed by atoms with Crippen molar-refractivity contribution in [3.05, 3.63) is 35.0 Å². The molecule has 2 heterocycles. The van der Waals surface area contributed by atoms with Gasteiger partial charge < -0.3 is 21.3 Å². The van der Waals surface area contributed by atoms with Crippen LogP contribution in [0.3, 0.4) is 0 Å². The first-order chi connectivity index (χ1) is 14.0. The minimum absolute atomic E-state index is 0.273. The van der Waals surface area contributed by atoms with Crippen LogP contribution in [0.2, 0.25) is 0 Å². The Kier molecular flexibility index (Phi) is 5.76. The number of carbonyl (C=O) groups excluding carboxylic acids is 1. The number of nitrogens with one attached hydrogen (secondary N) is 1. The fourth-order valence-corrected chi connectivity index (χ4v) is 4.37. The van der Waals surface area contributed by atoms with E-state index in [2.05, 4.69) is 15.3 Å². The number of phenols is 2. The highest BCUT2D eigenvalue weighted by molar-refractivity contribution is 7.92. The van der Waals surface area contributed by atoms with Crippen LogP contribution in [0.25, 0.3) is 0 Å². The molecule has 0 bridgehead atoms. The van der Waals surface area contributed by atoms with Gasteiger partial charge in [0.1, 0.15) is 11.4 Å². The van der Waals surface area contributed by atoms with E-state index in [-0.39, 0.29) is 5.95 Å². The molecule has 13 heteroatoms. The van der Waals surface area contributed by atoms with Crippen LogP contribution < -0.4 is 15.4 Å². The number of phenolic OH excluding ortho intramolecular Hbond substituents is 2. The molecule has 0 unspecified atom stereocenters. The van der Waals surface area contributed by atoms with Crippen LogP contribution in [-0.4, -0.2) is 59.8 Å². The Balaban J connectivity index is 2.04. The van der Waals surface area contributed by atoms with E-state index in [0.717, 1.165) is 16.8 Å². The smallest absolute Gasteiger partial charge is 0.241 e. The molecule has 0 saturated carbocycles. The van der Waals surface area contributed by atoms with Crippen molar-refractivity contribution in [2.45, 2.75) is 18.9 Å². The number of aromatic nitrogens is 2. The standard InChI is InChI=1S/C17H19F2N5O5S/c1-30(28,29)24(8-2-4-21-5-3-8)17-22-7-9(16(20)23-17)14(26)12-13(19)10(18)6-11(25)15(12)27/h6-8,21,25,27H,2-5H2,1H3,(H2,20,22,23). The summed E-state index contributed by atoms with van der Waals surface area (Å²) in [5.41, 5.74) is 4.13. The van der Waals surface area contributed by atoms with Crippen molar-refractivity contribution < 1.29 is 32.2 Å². The maximum atomic E-state index is 14.1. The molecule has 1 aliphatic heterocycles. The van der Waals surface area contributed by atoms with Gasteiger partial charge in [-0.25, -0.2) is 26.5 Å². The summed E-state index contributed by atoms with van der Waals surface area (Å²) in [6.07, 6.45) is 2.84. The Morgan fingerprint density at radius 1 is 1.30 bits per heavy atom. The third-order valence-corrected chi connectivity index (χ3v) is 5.82. The lowest BCUT2D eigenvalue weighted by atomic mass is 10.0. The van der Waals surface area contributed by atoms with Gasteiger partial charge in [0.2, 0.25) is 21.8 Å². The molecule has 0 spiro atoms. The number of ketones is 1. The molecule has 162 valence electrons. The molecule has 2 aromatic rings. The quantitative estimate of drug-likeness (QED) is 0.381. The monoisotopic (exact) mass is 443 g/mol. The van der Waals surface area contributed by atoms with Gasteiger partial charge in [0.05, 0.1) is 17.9 Å². The number of hydrogen-bond donors (Lipinski definition) is 4. The van der Waals surface area contributed by atoms with E-state index in [1.54, 1.807) is 0 Å². The SMILES string of the molecule is CS(=O)(=O)N(c1ncc(C(=O)c2c(O)c(O)cc(F)c2F)c(N)n1)C1CCNCC1. The topological polar surface area (TPSA) is 159 Å². The van der Waals surface area contributed by atoms with Crippen LogP contribution in [0.15, 0.2) is 12.3 Å². The zero-order valence-electron chi connectivity index (χ0n) is 15.8. The van der Waals surface area contributed by atoms with Crippen molar-refractivity contribution in [2.24, 2.45) is 0 Å². The lowest BCUT2D eigenvalue weighted by Gasteiger charge is -2.32. The lowest BCUT2D eigenvalue weighted by Crippen LogP contribution is -2.46. The number of sulfonamides is 1. The summed E-state index contributed by atoms with van der Waals surface area (Å²) < 4.78 is 53.3. The van der Waals surface area contributed by atoms with Crippen LogP contribution in [0.1, 0.15) is 28.8 Å². The fraction of sp³-hybridized carbons (Fsp3) is 0.353. The van der Waals surface area contributed by atoms with Gasteiger partial charge in [-0.05, 0) is 25.9 Å². The summed E-state index contributed by atoms with van der Waals surface area (Å²) >= 11 is 0. The second-order valence-electron chi connectivity index (χ2n) is 6.75. The molecule has 1 aromatic heterocycles. The van der Waals surface area contributed by atoms with Crippen LogP contribution in [-0.2, 0) is 10.0 Å². The van der Waals surface area contributed by atoms with Crippen LogP contribution in [0.5, 0.6) is 11.5 Å². The normalized spacial score (nSPS) is 15.2. The molecule has 0 atom stereocenters. The number of anilines is 2. The van der Waals surface area contributed by atoms with Gasteiger partial charge >= 0.3 is 0 Å². The number of hydrogen-bond acceptors (Lipinski definition) is 9. The Morgan fingerprint density at radius 2 is 1.93 bits per heavy atom. The van der Waals surface area contributed by atoms with E-state index in [1.165, 1.54) is 0 Å². The highest BCUT2D eigenvalue weighted by atomic mass is 32.2. The number of nitrogens with zero attached hydrogens (tertiary/aromatic N) is 3. The first kappa shape index (κ1) is 21.6. The molecule has 0 radical (unpaired) electrons. The maximum absolute atomic E-state index is 14.1. The number of benzene rings is 1. The number of piperidine rings is 1. The Bertz CT molecular complexity index is 1080. The van der Waals surface area contributed by atoms with E-state index in [4.69, 9.17) is 5.73 Å². The summed E-state index contributed by atoms with van der Waals surface area (Å²) in [6, 6.07) is -0.114. The number of aromatic hydroxyl groups is 2. The average Bonchev–Trinajstić information content (AvgIpc) is 2.66. The molecular weight excluding hydrogens is 424 g/mol. The Morgan fingerprint density at radius 3 is 2.50 bits per heavy atom. The van der Waals surface area contributed by atoms with E-state index >= 15 is 0 Å². The second-order valence-corrected chi connectivity index (χ2v) is 8.61. The molecule has 30 heavy (non-hydrogen) atoms. The van der Waals surface area contributed by atoms with Gasteiger partial charge in [-0.2, -0.15) is 4.98 Å². The minimum Gasteiger partial charge on any atom is -0.504 e. The molecule has 0 amide bonds. The van der Waals surface area contributed by atoms with Gasteiger partial charge in [0, 0.05) is 12.3 Å². The molecule has 1 saturated heterocycles. The molecule has 1 aliphatic rings. The first-order valence-corrected chi connectivity index (χ1v) is 10.6. The number of halogens is 2.